The lowest BCUT2D eigenvalue weighted by atomic mass is 9.87. The first-order valence-electron chi connectivity index (χ1n) is 7.82. The number of aliphatic hydroxyl groups is 1. The van der Waals surface area contributed by atoms with E-state index in [0.717, 1.165) is 31.4 Å². The molecule has 3 rings (SSSR count). The highest BCUT2D eigenvalue weighted by Crippen LogP contribution is 2.48. The van der Waals surface area contributed by atoms with Crippen LogP contribution < -0.4 is 5.32 Å². The van der Waals surface area contributed by atoms with Crippen molar-refractivity contribution in [2.75, 3.05) is 6.54 Å². The van der Waals surface area contributed by atoms with Crippen molar-refractivity contribution < 1.29 is 18.7 Å². The molecule has 1 aromatic carbocycles. The minimum atomic E-state index is -1.56. The summed E-state index contributed by atoms with van der Waals surface area (Å²) >= 11 is 0. The van der Waals surface area contributed by atoms with Crippen molar-refractivity contribution in [3.8, 4) is 0 Å². The number of rotatable bonds is 4. The summed E-state index contributed by atoms with van der Waals surface area (Å²) in [6, 6.07) is 3.06. The topological polar surface area (TPSA) is 49.3 Å². The van der Waals surface area contributed by atoms with Gasteiger partial charge in [-0.3, -0.25) is 4.79 Å². The number of benzene rings is 1. The average Bonchev–Trinajstić information content (AvgIpc) is 3.07. The number of amides is 1. The zero-order chi connectivity index (χ0) is 15.9. The number of hydrogen-bond donors (Lipinski definition) is 2. The average molecular weight is 309 g/mol. The predicted molar refractivity (Wildman–Crippen MR) is 77.9 cm³/mol. The normalized spacial score (nSPS) is 29.4. The molecule has 2 aliphatic carbocycles. The Hall–Kier alpha value is -1.49. The molecular weight excluding hydrogens is 288 g/mol. The van der Waals surface area contributed by atoms with Crippen molar-refractivity contribution >= 4 is 5.91 Å². The summed E-state index contributed by atoms with van der Waals surface area (Å²) in [4.78, 5) is 12.3. The quantitative estimate of drug-likeness (QED) is 0.898. The Labute approximate surface area is 128 Å². The number of carbonyl (C=O) groups is 1. The summed E-state index contributed by atoms with van der Waals surface area (Å²) in [6.45, 7) is 1.34. The summed E-state index contributed by atoms with van der Waals surface area (Å²) in [5.41, 5.74) is -1.58. The van der Waals surface area contributed by atoms with E-state index in [4.69, 9.17) is 0 Å². The van der Waals surface area contributed by atoms with Crippen LogP contribution in [0.3, 0.4) is 0 Å². The maximum Gasteiger partial charge on any atom is 0.223 e. The van der Waals surface area contributed by atoms with Crippen molar-refractivity contribution in [2.24, 2.45) is 17.8 Å². The molecule has 0 radical (unpaired) electrons. The van der Waals surface area contributed by atoms with Gasteiger partial charge in [0.15, 0.2) is 0 Å². The molecule has 4 unspecified atom stereocenters. The van der Waals surface area contributed by atoms with E-state index in [2.05, 4.69) is 5.32 Å². The maximum absolute atomic E-state index is 13.8. The molecule has 2 N–H and O–H groups in total. The Bertz CT molecular complexity index is 588. The van der Waals surface area contributed by atoms with E-state index in [9.17, 15) is 18.7 Å². The molecule has 0 spiro atoms. The van der Waals surface area contributed by atoms with Crippen molar-refractivity contribution in [3.05, 3.63) is 35.4 Å². The molecule has 2 fully saturated rings. The van der Waals surface area contributed by atoms with Crippen LogP contribution in [0.2, 0.25) is 0 Å². The SMILES string of the molecule is CC(O)(CNC(=O)C1CC2CCC1C2)c1ccc(F)cc1F. The summed E-state index contributed by atoms with van der Waals surface area (Å²) in [5.74, 6) is -0.418. The Morgan fingerprint density at radius 2 is 2.14 bits per heavy atom. The van der Waals surface area contributed by atoms with Crippen LogP contribution in [0.4, 0.5) is 8.78 Å². The van der Waals surface area contributed by atoms with Crippen LogP contribution in [0, 0.1) is 29.4 Å². The van der Waals surface area contributed by atoms with Crippen LogP contribution in [-0.4, -0.2) is 17.6 Å². The second kappa shape index (κ2) is 5.61. The second-order valence-corrected chi connectivity index (χ2v) is 6.90. The standard InChI is InChI=1S/C17H21F2NO2/c1-17(22,14-5-4-12(18)8-15(14)19)9-20-16(21)13-7-10-2-3-11(13)6-10/h4-5,8,10-11,13,22H,2-3,6-7,9H2,1H3,(H,20,21). The molecule has 2 bridgehead atoms. The molecule has 4 atom stereocenters. The van der Waals surface area contributed by atoms with Crippen LogP contribution in [0.1, 0.15) is 38.2 Å². The van der Waals surface area contributed by atoms with Gasteiger partial charge < -0.3 is 10.4 Å². The Kier molecular flexibility index (Phi) is 3.93. The van der Waals surface area contributed by atoms with Crippen LogP contribution in [-0.2, 0) is 10.4 Å². The van der Waals surface area contributed by atoms with E-state index in [0.29, 0.717) is 11.8 Å². The zero-order valence-electron chi connectivity index (χ0n) is 12.6. The van der Waals surface area contributed by atoms with E-state index in [1.807, 2.05) is 0 Å². The fourth-order valence-electron chi connectivity index (χ4n) is 3.98. The van der Waals surface area contributed by atoms with Gasteiger partial charge in [-0.2, -0.15) is 0 Å². The van der Waals surface area contributed by atoms with E-state index in [1.165, 1.54) is 19.4 Å². The van der Waals surface area contributed by atoms with E-state index in [1.54, 1.807) is 0 Å². The summed E-state index contributed by atoms with van der Waals surface area (Å²) in [7, 11) is 0. The highest BCUT2D eigenvalue weighted by molar-refractivity contribution is 5.79. The number of fused-ring (bicyclic) bond motifs is 2. The highest BCUT2D eigenvalue weighted by atomic mass is 19.1. The lowest BCUT2D eigenvalue weighted by molar-refractivity contribution is -0.127. The summed E-state index contributed by atoms with van der Waals surface area (Å²) < 4.78 is 26.7. The molecule has 0 aliphatic heterocycles. The molecule has 2 saturated carbocycles. The maximum atomic E-state index is 13.8. The molecule has 0 heterocycles. The lowest BCUT2D eigenvalue weighted by Gasteiger charge is -2.27. The first-order valence-corrected chi connectivity index (χ1v) is 7.82. The zero-order valence-corrected chi connectivity index (χ0v) is 12.6. The first kappa shape index (κ1) is 15.4. The van der Waals surface area contributed by atoms with Crippen molar-refractivity contribution in [1.82, 2.24) is 5.32 Å². The van der Waals surface area contributed by atoms with Crippen molar-refractivity contribution in [3.63, 3.8) is 0 Å². The van der Waals surface area contributed by atoms with Gasteiger partial charge in [-0.15, -0.1) is 0 Å². The number of nitrogens with one attached hydrogen (secondary N) is 1. The van der Waals surface area contributed by atoms with Gasteiger partial charge in [0.25, 0.3) is 0 Å². The molecule has 1 aromatic rings. The van der Waals surface area contributed by atoms with Gasteiger partial charge in [0, 0.05) is 17.5 Å². The number of halogens is 2. The smallest absolute Gasteiger partial charge is 0.223 e. The van der Waals surface area contributed by atoms with E-state index >= 15 is 0 Å². The number of carbonyl (C=O) groups excluding carboxylic acids is 1. The van der Waals surface area contributed by atoms with Crippen LogP contribution in [0.25, 0.3) is 0 Å². The van der Waals surface area contributed by atoms with Gasteiger partial charge in [0.2, 0.25) is 5.91 Å². The minimum absolute atomic E-state index is 0.0119. The third-order valence-corrected chi connectivity index (χ3v) is 5.19. The highest BCUT2D eigenvalue weighted by Gasteiger charge is 2.43. The van der Waals surface area contributed by atoms with Gasteiger partial charge in [0.1, 0.15) is 17.2 Å². The Morgan fingerprint density at radius 1 is 1.36 bits per heavy atom. The van der Waals surface area contributed by atoms with Gasteiger partial charge in [-0.1, -0.05) is 12.5 Å². The second-order valence-electron chi connectivity index (χ2n) is 6.90. The summed E-state index contributed by atoms with van der Waals surface area (Å²) in [5, 5.41) is 13.1. The fourth-order valence-corrected chi connectivity index (χ4v) is 3.98. The molecule has 1 amide bonds. The van der Waals surface area contributed by atoms with Gasteiger partial charge in [-0.25, -0.2) is 8.78 Å². The Morgan fingerprint density at radius 3 is 2.73 bits per heavy atom. The van der Waals surface area contributed by atoms with Crippen LogP contribution >= 0.6 is 0 Å². The monoisotopic (exact) mass is 309 g/mol. The summed E-state index contributed by atoms with van der Waals surface area (Å²) in [6.07, 6.45) is 4.36. The van der Waals surface area contributed by atoms with Crippen molar-refractivity contribution in [1.29, 1.82) is 0 Å². The Balaban J connectivity index is 1.63. The third-order valence-electron chi connectivity index (χ3n) is 5.19. The van der Waals surface area contributed by atoms with Crippen LogP contribution in [0.5, 0.6) is 0 Å². The number of hydrogen-bond acceptors (Lipinski definition) is 2. The van der Waals surface area contributed by atoms with Crippen LogP contribution in [0.15, 0.2) is 18.2 Å². The molecule has 0 saturated heterocycles. The predicted octanol–water partition coefficient (Wildman–Crippen LogP) is 2.72. The largest absolute Gasteiger partial charge is 0.383 e. The van der Waals surface area contributed by atoms with Gasteiger partial charge >= 0.3 is 0 Å². The lowest BCUT2D eigenvalue weighted by Crippen LogP contribution is -2.42. The van der Waals surface area contributed by atoms with Gasteiger partial charge in [0.05, 0.1) is 6.54 Å². The van der Waals surface area contributed by atoms with Crippen molar-refractivity contribution in [2.45, 2.75) is 38.2 Å². The third kappa shape index (κ3) is 2.86. The molecule has 120 valence electrons. The first-order chi connectivity index (χ1) is 10.4. The molecule has 0 aromatic heterocycles. The van der Waals surface area contributed by atoms with E-state index < -0.39 is 17.2 Å². The minimum Gasteiger partial charge on any atom is -0.383 e. The molecule has 5 heteroatoms. The van der Waals surface area contributed by atoms with Gasteiger partial charge in [-0.05, 0) is 44.1 Å². The van der Waals surface area contributed by atoms with E-state index in [-0.39, 0.29) is 23.9 Å². The molecular formula is C17H21F2NO2. The molecule has 2 aliphatic rings. The molecule has 22 heavy (non-hydrogen) atoms. The molecule has 3 nitrogen and oxygen atoms in total. The fraction of sp³-hybridized carbons (Fsp3) is 0.588.